The first-order valence-corrected chi connectivity index (χ1v) is 8.36. The van der Waals surface area contributed by atoms with Gasteiger partial charge >= 0.3 is 0 Å². The van der Waals surface area contributed by atoms with E-state index in [-0.39, 0.29) is 24.4 Å². The molecule has 0 spiro atoms. The smallest absolute Gasteiger partial charge is 0.243 e. The first-order chi connectivity index (χ1) is 13.2. The second-order valence-corrected chi connectivity index (χ2v) is 5.96. The molecule has 1 amide bonds. The molecule has 1 aliphatic rings. The molecule has 0 radical (unpaired) electrons. The fraction of sp³-hybridized carbons (Fsp3) is 0.222. The Kier molecular flexibility index (Phi) is 4.65. The number of halogens is 1. The predicted molar refractivity (Wildman–Crippen MR) is 92.6 cm³/mol. The number of carbonyl (C=O) groups is 1. The van der Waals surface area contributed by atoms with Crippen molar-refractivity contribution in [1.82, 2.24) is 25.5 Å². The summed E-state index contributed by atoms with van der Waals surface area (Å²) in [4.78, 5) is 13.3. The largest absolute Gasteiger partial charge is 0.486 e. The zero-order chi connectivity index (χ0) is 18.6. The Balaban J connectivity index is 1.30. The molecular weight excluding hydrogens is 353 g/mol. The van der Waals surface area contributed by atoms with Gasteiger partial charge in [0.25, 0.3) is 0 Å². The summed E-state index contributed by atoms with van der Waals surface area (Å²) in [6.45, 7) is 0.535. The third kappa shape index (κ3) is 4.02. The second kappa shape index (κ2) is 7.40. The number of amides is 1. The Morgan fingerprint density at radius 3 is 2.93 bits per heavy atom. The van der Waals surface area contributed by atoms with Crippen molar-refractivity contribution in [2.24, 2.45) is 0 Å². The molecule has 9 heteroatoms. The van der Waals surface area contributed by atoms with Crippen LogP contribution in [0.5, 0.6) is 11.5 Å². The number of hydrogen-bond donors (Lipinski definition) is 1. The van der Waals surface area contributed by atoms with Crippen LogP contribution < -0.4 is 14.8 Å². The Morgan fingerprint density at radius 2 is 2.07 bits per heavy atom. The molecule has 138 valence electrons. The van der Waals surface area contributed by atoms with Crippen LogP contribution in [0, 0.1) is 5.82 Å². The zero-order valence-electron chi connectivity index (χ0n) is 14.2. The normalized spacial score (nSPS) is 15.4. The SMILES string of the molecule is O=C(Cn1nnc(-c2cccc(F)c2)n1)NC[C@@H]1COc2ccccc2O1. The Labute approximate surface area is 153 Å². The zero-order valence-corrected chi connectivity index (χ0v) is 14.2. The molecule has 1 aliphatic heterocycles. The van der Waals surface area contributed by atoms with Gasteiger partial charge in [-0.05, 0) is 29.5 Å². The van der Waals surface area contributed by atoms with Crippen LogP contribution in [0.1, 0.15) is 0 Å². The van der Waals surface area contributed by atoms with Gasteiger partial charge in [0.1, 0.15) is 25.1 Å². The lowest BCUT2D eigenvalue weighted by Crippen LogP contribution is -2.41. The lowest BCUT2D eigenvalue weighted by Gasteiger charge is -2.26. The van der Waals surface area contributed by atoms with Crippen LogP contribution in [0.4, 0.5) is 4.39 Å². The molecule has 4 rings (SSSR count). The molecule has 8 nitrogen and oxygen atoms in total. The number of ether oxygens (including phenoxy) is 2. The molecule has 1 aromatic heterocycles. The van der Waals surface area contributed by atoms with E-state index in [4.69, 9.17) is 9.47 Å². The van der Waals surface area contributed by atoms with Crippen molar-refractivity contribution >= 4 is 5.91 Å². The number of aromatic nitrogens is 4. The number of benzene rings is 2. The lowest BCUT2D eigenvalue weighted by atomic mass is 10.2. The first-order valence-electron chi connectivity index (χ1n) is 8.36. The van der Waals surface area contributed by atoms with Gasteiger partial charge in [0.2, 0.25) is 11.7 Å². The van der Waals surface area contributed by atoms with Crippen LogP contribution in [0.2, 0.25) is 0 Å². The first kappa shape index (κ1) is 17.0. The monoisotopic (exact) mass is 369 g/mol. The summed E-state index contributed by atoms with van der Waals surface area (Å²) in [6, 6.07) is 13.2. The van der Waals surface area contributed by atoms with E-state index in [1.165, 1.54) is 12.1 Å². The summed E-state index contributed by atoms with van der Waals surface area (Å²) in [5.41, 5.74) is 0.494. The molecule has 0 bridgehead atoms. The van der Waals surface area contributed by atoms with E-state index in [1.54, 1.807) is 12.1 Å². The average Bonchev–Trinajstić information content (AvgIpc) is 3.15. The highest BCUT2D eigenvalue weighted by Crippen LogP contribution is 2.30. The maximum Gasteiger partial charge on any atom is 0.243 e. The van der Waals surface area contributed by atoms with E-state index in [1.807, 2.05) is 24.3 Å². The van der Waals surface area contributed by atoms with E-state index in [9.17, 15) is 9.18 Å². The minimum atomic E-state index is -0.391. The van der Waals surface area contributed by atoms with Gasteiger partial charge in [-0.25, -0.2) is 4.39 Å². The average molecular weight is 369 g/mol. The van der Waals surface area contributed by atoms with Crippen LogP contribution in [-0.4, -0.2) is 45.4 Å². The van der Waals surface area contributed by atoms with Crippen molar-refractivity contribution in [3.8, 4) is 22.9 Å². The van der Waals surface area contributed by atoms with Gasteiger partial charge in [-0.2, -0.15) is 4.80 Å². The van der Waals surface area contributed by atoms with Gasteiger partial charge in [0.05, 0.1) is 6.54 Å². The number of tetrazole rings is 1. The van der Waals surface area contributed by atoms with Crippen LogP contribution in [-0.2, 0) is 11.3 Å². The van der Waals surface area contributed by atoms with E-state index in [2.05, 4.69) is 20.7 Å². The minimum absolute atomic E-state index is 0.105. The van der Waals surface area contributed by atoms with Crippen LogP contribution in [0.15, 0.2) is 48.5 Å². The lowest BCUT2D eigenvalue weighted by molar-refractivity contribution is -0.122. The highest BCUT2D eigenvalue weighted by atomic mass is 19.1. The van der Waals surface area contributed by atoms with Crippen LogP contribution in [0.25, 0.3) is 11.4 Å². The summed E-state index contributed by atoms with van der Waals surface area (Å²) >= 11 is 0. The Bertz CT molecular complexity index is 961. The molecule has 0 saturated heterocycles. The summed E-state index contributed by atoms with van der Waals surface area (Å²) in [6.07, 6.45) is -0.282. The van der Waals surface area contributed by atoms with Gasteiger partial charge in [-0.1, -0.05) is 24.3 Å². The number of hydrogen-bond acceptors (Lipinski definition) is 6. The number of para-hydroxylation sites is 2. The fourth-order valence-electron chi connectivity index (χ4n) is 2.63. The predicted octanol–water partition coefficient (Wildman–Crippen LogP) is 1.44. The molecular formula is C18H16FN5O3. The molecule has 0 aliphatic carbocycles. The Hall–Kier alpha value is -3.49. The summed E-state index contributed by atoms with van der Waals surface area (Å²) in [5, 5.41) is 14.5. The third-order valence-corrected chi connectivity index (χ3v) is 3.92. The molecule has 3 aromatic rings. The molecule has 1 N–H and O–H groups in total. The highest BCUT2D eigenvalue weighted by Gasteiger charge is 2.21. The van der Waals surface area contributed by atoms with Crippen molar-refractivity contribution < 1.29 is 18.7 Å². The quantitative estimate of drug-likeness (QED) is 0.732. The summed E-state index contributed by atoms with van der Waals surface area (Å²) in [7, 11) is 0. The maximum atomic E-state index is 13.3. The minimum Gasteiger partial charge on any atom is -0.486 e. The Morgan fingerprint density at radius 1 is 1.22 bits per heavy atom. The van der Waals surface area contributed by atoms with Crippen molar-refractivity contribution in [2.45, 2.75) is 12.6 Å². The van der Waals surface area contributed by atoms with Gasteiger partial charge in [-0.3, -0.25) is 4.79 Å². The molecule has 0 fully saturated rings. The number of nitrogens with one attached hydrogen (secondary N) is 1. The molecule has 1 atom stereocenters. The van der Waals surface area contributed by atoms with E-state index >= 15 is 0 Å². The fourth-order valence-corrected chi connectivity index (χ4v) is 2.63. The van der Waals surface area contributed by atoms with Gasteiger partial charge in [0, 0.05) is 5.56 Å². The maximum absolute atomic E-state index is 13.3. The van der Waals surface area contributed by atoms with Crippen molar-refractivity contribution in [3.63, 3.8) is 0 Å². The van der Waals surface area contributed by atoms with Gasteiger partial charge in [0.15, 0.2) is 11.5 Å². The van der Waals surface area contributed by atoms with E-state index in [0.717, 1.165) is 4.80 Å². The standard InChI is InChI=1S/C18H16FN5O3/c19-13-5-3-4-12(8-13)18-21-23-24(22-18)10-17(25)20-9-14-11-26-15-6-1-2-7-16(15)27-14/h1-8,14H,9-11H2,(H,20,25)/t14-/m1/s1. The number of carbonyl (C=O) groups excluding carboxylic acids is 1. The van der Waals surface area contributed by atoms with E-state index in [0.29, 0.717) is 30.2 Å². The molecule has 2 aromatic carbocycles. The van der Waals surface area contributed by atoms with Crippen molar-refractivity contribution in [3.05, 3.63) is 54.3 Å². The molecule has 27 heavy (non-hydrogen) atoms. The number of fused-ring (bicyclic) bond motifs is 1. The third-order valence-electron chi connectivity index (χ3n) is 3.92. The number of rotatable bonds is 5. The second-order valence-electron chi connectivity index (χ2n) is 5.96. The molecule has 2 heterocycles. The summed E-state index contributed by atoms with van der Waals surface area (Å²) < 4.78 is 24.7. The van der Waals surface area contributed by atoms with Crippen molar-refractivity contribution in [2.75, 3.05) is 13.2 Å². The number of nitrogens with zero attached hydrogens (tertiary/aromatic N) is 4. The van der Waals surface area contributed by atoms with Crippen LogP contribution in [0.3, 0.4) is 0 Å². The molecule has 0 unspecified atom stereocenters. The van der Waals surface area contributed by atoms with Crippen LogP contribution >= 0.6 is 0 Å². The van der Waals surface area contributed by atoms with Gasteiger partial charge < -0.3 is 14.8 Å². The van der Waals surface area contributed by atoms with Crippen molar-refractivity contribution in [1.29, 1.82) is 0 Å². The topological polar surface area (TPSA) is 91.2 Å². The molecule has 0 saturated carbocycles. The summed E-state index contributed by atoms with van der Waals surface area (Å²) in [5.74, 6) is 0.916. The highest BCUT2D eigenvalue weighted by molar-refractivity contribution is 5.75. The van der Waals surface area contributed by atoms with Gasteiger partial charge in [-0.15, -0.1) is 10.2 Å². The van der Waals surface area contributed by atoms with E-state index < -0.39 is 5.82 Å².